The molecule has 7 nitrogen and oxygen atoms in total. The quantitative estimate of drug-likeness (QED) is 0.664. The summed E-state index contributed by atoms with van der Waals surface area (Å²) < 4.78 is 17.0. The van der Waals surface area contributed by atoms with Crippen molar-refractivity contribution in [3.05, 3.63) is 44.8 Å². The van der Waals surface area contributed by atoms with Crippen LogP contribution in [-0.4, -0.2) is 61.3 Å². The summed E-state index contributed by atoms with van der Waals surface area (Å²) in [6.45, 7) is 1.69. The van der Waals surface area contributed by atoms with Crippen LogP contribution in [0, 0.1) is 0 Å². The van der Waals surface area contributed by atoms with Crippen molar-refractivity contribution in [3.8, 4) is 5.75 Å². The second-order valence-electron chi connectivity index (χ2n) is 5.56. The highest BCUT2D eigenvalue weighted by Crippen LogP contribution is 2.24. The fourth-order valence-corrected chi connectivity index (χ4v) is 3.86. The van der Waals surface area contributed by atoms with Gasteiger partial charge in [-0.2, -0.15) is 0 Å². The van der Waals surface area contributed by atoms with E-state index in [0.29, 0.717) is 35.9 Å². The summed E-state index contributed by atoms with van der Waals surface area (Å²) in [5.74, 6) is -0.0405. The zero-order valence-electron chi connectivity index (χ0n) is 14.0. The van der Waals surface area contributed by atoms with Crippen LogP contribution in [-0.2, 0) is 9.47 Å². The van der Waals surface area contributed by atoms with Crippen LogP contribution in [0.1, 0.15) is 20.0 Å². The SMILES string of the molecule is COC(=O)c1cncc(OCC2CN(C(=O)c3ccc(Br)s3)CCO2)c1. The zero-order valence-corrected chi connectivity index (χ0v) is 16.4. The number of morpholine rings is 1. The standard InChI is InChI=1S/C17H17BrN2O5S/c1-23-17(22)11-6-12(8-19-7-11)25-10-13-9-20(4-5-24-13)16(21)14-2-3-15(18)26-14/h2-3,6-8,13H,4-5,9-10H2,1H3. The molecule has 1 aliphatic heterocycles. The van der Waals surface area contributed by atoms with E-state index >= 15 is 0 Å². The van der Waals surface area contributed by atoms with E-state index in [-0.39, 0.29) is 18.6 Å². The van der Waals surface area contributed by atoms with E-state index in [1.165, 1.54) is 30.8 Å². The molecule has 0 spiro atoms. The molecule has 1 aliphatic rings. The molecule has 0 aromatic carbocycles. The molecule has 1 saturated heterocycles. The van der Waals surface area contributed by atoms with Crippen LogP contribution in [0.4, 0.5) is 0 Å². The largest absolute Gasteiger partial charge is 0.489 e. The van der Waals surface area contributed by atoms with Gasteiger partial charge in [0.2, 0.25) is 0 Å². The number of methoxy groups -OCH3 is 1. The highest BCUT2D eigenvalue weighted by Gasteiger charge is 2.26. The Morgan fingerprint density at radius 2 is 2.27 bits per heavy atom. The predicted octanol–water partition coefficient (Wildman–Crippen LogP) is 2.61. The summed E-state index contributed by atoms with van der Waals surface area (Å²) in [4.78, 5) is 30.5. The van der Waals surface area contributed by atoms with Gasteiger partial charge in [0.05, 0.1) is 40.7 Å². The highest BCUT2D eigenvalue weighted by atomic mass is 79.9. The first-order valence-corrected chi connectivity index (χ1v) is 9.50. The summed E-state index contributed by atoms with van der Waals surface area (Å²) in [6.07, 6.45) is 2.68. The number of hydrogen-bond donors (Lipinski definition) is 0. The molecule has 0 bridgehead atoms. The number of ether oxygens (including phenoxy) is 3. The van der Waals surface area contributed by atoms with Crippen molar-refractivity contribution in [1.29, 1.82) is 0 Å². The van der Waals surface area contributed by atoms with Crippen molar-refractivity contribution in [2.45, 2.75) is 6.10 Å². The number of amides is 1. The van der Waals surface area contributed by atoms with Crippen LogP contribution in [0.5, 0.6) is 5.75 Å². The van der Waals surface area contributed by atoms with Crippen molar-refractivity contribution in [2.24, 2.45) is 0 Å². The molecule has 0 aliphatic carbocycles. The Labute approximate surface area is 163 Å². The van der Waals surface area contributed by atoms with Gasteiger partial charge in [-0.25, -0.2) is 4.79 Å². The minimum Gasteiger partial charge on any atom is -0.489 e. The average molecular weight is 441 g/mol. The molecular formula is C17H17BrN2O5S. The van der Waals surface area contributed by atoms with Gasteiger partial charge in [-0.1, -0.05) is 0 Å². The molecule has 3 heterocycles. The van der Waals surface area contributed by atoms with Gasteiger partial charge < -0.3 is 19.1 Å². The fraction of sp³-hybridized carbons (Fsp3) is 0.353. The Kier molecular flexibility index (Phi) is 6.23. The molecule has 0 radical (unpaired) electrons. The fourth-order valence-electron chi connectivity index (χ4n) is 2.51. The lowest BCUT2D eigenvalue weighted by molar-refractivity contribution is -0.0400. The Bertz CT molecular complexity index is 797. The molecule has 1 unspecified atom stereocenters. The number of nitrogens with zero attached hydrogens (tertiary/aromatic N) is 2. The van der Waals surface area contributed by atoms with Gasteiger partial charge in [0.25, 0.3) is 5.91 Å². The third-order valence-electron chi connectivity index (χ3n) is 3.78. The predicted molar refractivity (Wildman–Crippen MR) is 98.7 cm³/mol. The number of esters is 1. The smallest absolute Gasteiger partial charge is 0.339 e. The van der Waals surface area contributed by atoms with Crippen molar-refractivity contribution in [2.75, 3.05) is 33.4 Å². The molecule has 2 aromatic heterocycles. The van der Waals surface area contributed by atoms with Gasteiger partial charge in [0, 0.05) is 12.7 Å². The van der Waals surface area contributed by atoms with Crippen LogP contribution in [0.25, 0.3) is 0 Å². The Morgan fingerprint density at radius 1 is 1.42 bits per heavy atom. The highest BCUT2D eigenvalue weighted by molar-refractivity contribution is 9.11. The van der Waals surface area contributed by atoms with Crippen molar-refractivity contribution < 1.29 is 23.8 Å². The molecule has 0 saturated carbocycles. The molecule has 0 N–H and O–H groups in total. The normalized spacial score (nSPS) is 17.0. The lowest BCUT2D eigenvalue weighted by atomic mass is 10.2. The van der Waals surface area contributed by atoms with Crippen LogP contribution in [0.3, 0.4) is 0 Å². The van der Waals surface area contributed by atoms with E-state index in [1.54, 1.807) is 11.0 Å². The number of carbonyl (C=O) groups excluding carboxylic acids is 2. The monoisotopic (exact) mass is 440 g/mol. The number of aromatic nitrogens is 1. The van der Waals surface area contributed by atoms with E-state index < -0.39 is 5.97 Å². The lowest BCUT2D eigenvalue weighted by Crippen LogP contribution is -2.47. The maximum Gasteiger partial charge on any atom is 0.339 e. The van der Waals surface area contributed by atoms with Crippen LogP contribution in [0.2, 0.25) is 0 Å². The number of rotatable bonds is 5. The first-order chi connectivity index (χ1) is 12.6. The third-order valence-corrected chi connectivity index (χ3v) is 5.39. The van der Waals surface area contributed by atoms with E-state index in [2.05, 4.69) is 25.7 Å². The molecule has 3 rings (SSSR count). The summed E-state index contributed by atoms with van der Waals surface area (Å²) in [5, 5.41) is 0. The zero-order chi connectivity index (χ0) is 18.5. The topological polar surface area (TPSA) is 78.0 Å². The molecule has 138 valence electrons. The molecule has 1 fully saturated rings. The van der Waals surface area contributed by atoms with Gasteiger partial charge in [-0.3, -0.25) is 9.78 Å². The Balaban J connectivity index is 1.57. The van der Waals surface area contributed by atoms with E-state index in [9.17, 15) is 9.59 Å². The number of thiophene rings is 1. The van der Waals surface area contributed by atoms with E-state index in [0.717, 1.165) is 3.79 Å². The van der Waals surface area contributed by atoms with Gasteiger partial charge >= 0.3 is 5.97 Å². The second-order valence-corrected chi connectivity index (χ2v) is 8.02. The van der Waals surface area contributed by atoms with Crippen molar-refractivity contribution in [3.63, 3.8) is 0 Å². The minimum absolute atomic E-state index is 0.0108. The lowest BCUT2D eigenvalue weighted by Gasteiger charge is -2.32. The van der Waals surface area contributed by atoms with Gasteiger partial charge in [-0.15, -0.1) is 11.3 Å². The Morgan fingerprint density at radius 3 is 3.00 bits per heavy atom. The van der Waals surface area contributed by atoms with Crippen molar-refractivity contribution in [1.82, 2.24) is 9.88 Å². The van der Waals surface area contributed by atoms with Crippen molar-refractivity contribution >= 4 is 39.1 Å². The second kappa shape index (κ2) is 8.61. The van der Waals surface area contributed by atoms with E-state index in [1.807, 2.05) is 12.1 Å². The minimum atomic E-state index is -0.476. The van der Waals surface area contributed by atoms with Crippen LogP contribution >= 0.6 is 27.3 Å². The number of halogens is 1. The average Bonchev–Trinajstić information content (AvgIpc) is 3.12. The van der Waals surface area contributed by atoms with Crippen LogP contribution in [0.15, 0.2) is 34.4 Å². The maximum atomic E-state index is 12.5. The molecule has 1 amide bonds. The summed E-state index contributed by atoms with van der Waals surface area (Å²) in [6, 6.07) is 5.23. The van der Waals surface area contributed by atoms with Gasteiger partial charge in [0.15, 0.2) is 0 Å². The van der Waals surface area contributed by atoms with Gasteiger partial charge in [-0.05, 0) is 34.1 Å². The molecular weight excluding hydrogens is 424 g/mol. The first kappa shape index (κ1) is 18.8. The molecule has 26 heavy (non-hydrogen) atoms. The number of hydrogen-bond acceptors (Lipinski definition) is 7. The van der Waals surface area contributed by atoms with Crippen LogP contribution < -0.4 is 4.74 Å². The van der Waals surface area contributed by atoms with Gasteiger partial charge in [0.1, 0.15) is 18.5 Å². The summed E-state index contributed by atoms with van der Waals surface area (Å²) >= 11 is 4.78. The molecule has 9 heteroatoms. The number of carbonyl (C=O) groups is 2. The summed E-state index contributed by atoms with van der Waals surface area (Å²) in [5.41, 5.74) is 0.314. The maximum absolute atomic E-state index is 12.5. The Hall–Kier alpha value is -1.97. The first-order valence-electron chi connectivity index (χ1n) is 7.89. The summed E-state index contributed by atoms with van der Waals surface area (Å²) in [7, 11) is 1.31. The molecule has 1 atom stereocenters. The third kappa shape index (κ3) is 4.60. The molecule has 2 aromatic rings. The van der Waals surface area contributed by atoms with E-state index in [4.69, 9.17) is 9.47 Å². The number of pyridine rings is 1.